The van der Waals surface area contributed by atoms with Gasteiger partial charge in [-0.25, -0.2) is 0 Å². The number of aliphatic hydroxyl groups excluding tert-OH is 1. The topological polar surface area (TPSA) is 46.2 Å². The Morgan fingerprint density at radius 3 is 2.50 bits per heavy atom. The number of nitrogens with two attached hydrogens (primary N) is 1. The zero-order chi connectivity index (χ0) is 16.2. The highest BCUT2D eigenvalue weighted by molar-refractivity contribution is 5.24. The van der Waals surface area contributed by atoms with Crippen LogP contribution in [0, 0.1) is 28.6 Å². The lowest BCUT2D eigenvalue weighted by molar-refractivity contribution is -0.0430. The van der Waals surface area contributed by atoms with Gasteiger partial charge in [0, 0.05) is 5.54 Å². The number of fused-ring (bicyclic) bond motifs is 3. The molecule has 0 aliphatic heterocycles. The SMILES string of the molecule is CCCC1(C)C(CO)=CCC2C1CCC1(C)C2CCC1(C)N. The van der Waals surface area contributed by atoms with Gasteiger partial charge in [-0.15, -0.1) is 0 Å². The Balaban J connectivity index is 1.96. The first-order valence-electron chi connectivity index (χ1n) is 9.39. The van der Waals surface area contributed by atoms with Gasteiger partial charge in [-0.2, -0.15) is 0 Å². The Bertz CT molecular complexity index is 468. The fourth-order valence-corrected chi connectivity index (χ4v) is 6.57. The predicted octanol–water partition coefficient (Wildman–Crippen LogP) is 4.28. The van der Waals surface area contributed by atoms with Crippen molar-refractivity contribution in [2.75, 3.05) is 6.61 Å². The Morgan fingerprint density at radius 2 is 1.86 bits per heavy atom. The summed E-state index contributed by atoms with van der Waals surface area (Å²) in [6.45, 7) is 9.70. The maximum atomic E-state index is 9.88. The lowest BCUT2D eigenvalue weighted by atomic mass is 9.48. The Morgan fingerprint density at radius 1 is 1.18 bits per heavy atom. The minimum Gasteiger partial charge on any atom is -0.392 e. The zero-order valence-electron chi connectivity index (χ0n) is 15.0. The Kier molecular flexibility index (Phi) is 4.01. The van der Waals surface area contributed by atoms with E-state index in [0.717, 1.165) is 24.2 Å². The molecule has 6 unspecified atom stereocenters. The summed E-state index contributed by atoms with van der Waals surface area (Å²) in [4.78, 5) is 0. The maximum Gasteiger partial charge on any atom is 0.0647 e. The average Bonchev–Trinajstić information content (AvgIpc) is 2.70. The van der Waals surface area contributed by atoms with E-state index in [-0.39, 0.29) is 17.6 Å². The highest BCUT2D eigenvalue weighted by Crippen LogP contribution is 2.65. The molecule has 2 fully saturated rings. The molecule has 2 nitrogen and oxygen atoms in total. The average molecular weight is 306 g/mol. The van der Waals surface area contributed by atoms with Gasteiger partial charge in [-0.1, -0.05) is 33.3 Å². The summed E-state index contributed by atoms with van der Waals surface area (Å²) in [5, 5.41) is 9.88. The second kappa shape index (κ2) is 5.34. The molecule has 22 heavy (non-hydrogen) atoms. The van der Waals surface area contributed by atoms with Crippen LogP contribution in [0.4, 0.5) is 0 Å². The van der Waals surface area contributed by atoms with Crippen LogP contribution in [0.15, 0.2) is 11.6 Å². The summed E-state index contributed by atoms with van der Waals surface area (Å²) in [7, 11) is 0. The molecule has 0 aromatic heterocycles. The van der Waals surface area contributed by atoms with Crippen LogP contribution in [0.3, 0.4) is 0 Å². The van der Waals surface area contributed by atoms with Crippen molar-refractivity contribution < 1.29 is 5.11 Å². The van der Waals surface area contributed by atoms with Crippen LogP contribution in [0.25, 0.3) is 0 Å². The summed E-state index contributed by atoms with van der Waals surface area (Å²) in [5.74, 6) is 2.29. The molecular weight excluding hydrogens is 270 g/mol. The van der Waals surface area contributed by atoms with Crippen molar-refractivity contribution in [2.45, 2.75) is 78.2 Å². The minimum atomic E-state index is 0.00473. The van der Waals surface area contributed by atoms with Gasteiger partial charge in [0.15, 0.2) is 0 Å². The highest BCUT2D eigenvalue weighted by Gasteiger charge is 2.60. The van der Waals surface area contributed by atoms with Crippen LogP contribution in [0.2, 0.25) is 0 Å². The largest absolute Gasteiger partial charge is 0.392 e. The second-order valence-corrected chi connectivity index (χ2v) is 9.08. The fraction of sp³-hybridized carbons (Fsp3) is 0.900. The van der Waals surface area contributed by atoms with Crippen LogP contribution in [0.1, 0.15) is 72.6 Å². The van der Waals surface area contributed by atoms with Gasteiger partial charge < -0.3 is 10.8 Å². The minimum absolute atomic E-state index is 0.00473. The van der Waals surface area contributed by atoms with E-state index < -0.39 is 0 Å². The molecule has 0 heterocycles. The second-order valence-electron chi connectivity index (χ2n) is 9.08. The molecule has 2 saturated carbocycles. The van der Waals surface area contributed by atoms with E-state index in [0.29, 0.717) is 5.41 Å². The number of aliphatic hydroxyl groups is 1. The van der Waals surface area contributed by atoms with Gasteiger partial charge in [0.1, 0.15) is 0 Å². The molecule has 3 aliphatic carbocycles. The van der Waals surface area contributed by atoms with Gasteiger partial charge in [0.05, 0.1) is 6.61 Å². The summed E-state index contributed by atoms with van der Waals surface area (Å²) in [6, 6.07) is 0. The zero-order valence-corrected chi connectivity index (χ0v) is 15.0. The third-order valence-corrected chi connectivity index (χ3v) is 8.23. The summed E-state index contributed by atoms with van der Waals surface area (Å²) < 4.78 is 0. The van der Waals surface area contributed by atoms with E-state index in [1.54, 1.807) is 0 Å². The van der Waals surface area contributed by atoms with Crippen molar-refractivity contribution >= 4 is 0 Å². The molecule has 6 atom stereocenters. The Hall–Kier alpha value is -0.340. The van der Waals surface area contributed by atoms with E-state index in [1.165, 1.54) is 44.1 Å². The Labute approximate surface area is 136 Å². The third-order valence-electron chi connectivity index (χ3n) is 8.23. The van der Waals surface area contributed by atoms with E-state index in [4.69, 9.17) is 5.73 Å². The smallest absolute Gasteiger partial charge is 0.0647 e. The lowest BCUT2D eigenvalue weighted by Crippen LogP contribution is -2.56. The van der Waals surface area contributed by atoms with E-state index in [2.05, 4.69) is 33.8 Å². The quantitative estimate of drug-likeness (QED) is 0.765. The van der Waals surface area contributed by atoms with Crippen molar-refractivity contribution in [1.82, 2.24) is 0 Å². The first-order valence-corrected chi connectivity index (χ1v) is 9.39. The molecule has 3 N–H and O–H groups in total. The van der Waals surface area contributed by atoms with Crippen molar-refractivity contribution in [3.8, 4) is 0 Å². The molecular formula is C20H35NO. The van der Waals surface area contributed by atoms with E-state index >= 15 is 0 Å². The van der Waals surface area contributed by atoms with Crippen molar-refractivity contribution in [2.24, 2.45) is 34.3 Å². The van der Waals surface area contributed by atoms with Crippen LogP contribution in [-0.2, 0) is 0 Å². The third kappa shape index (κ3) is 2.06. The molecule has 0 saturated heterocycles. The summed E-state index contributed by atoms with van der Waals surface area (Å²) in [6.07, 6.45) is 11.0. The molecule has 3 rings (SSSR count). The molecule has 2 heteroatoms. The molecule has 0 radical (unpaired) electrons. The number of allylic oxidation sites excluding steroid dienone is 1. The maximum absolute atomic E-state index is 9.88. The molecule has 0 aromatic rings. The van der Waals surface area contributed by atoms with Crippen molar-refractivity contribution in [1.29, 1.82) is 0 Å². The lowest BCUT2D eigenvalue weighted by Gasteiger charge is -2.57. The van der Waals surface area contributed by atoms with Gasteiger partial charge in [0.25, 0.3) is 0 Å². The molecule has 0 aromatic carbocycles. The fourth-order valence-electron chi connectivity index (χ4n) is 6.57. The molecule has 126 valence electrons. The number of rotatable bonds is 3. The molecule has 0 spiro atoms. The van der Waals surface area contributed by atoms with Crippen LogP contribution in [0.5, 0.6) is 0 Å². The monoisotopic (exact) mass is 305 g/mol. The summed E-state index contributed by atoms with van der Waals surface area (Å²) >= 11 is 0. The van der Waals surface area contributed by atoms with Crippen molar-refractivity contribution in [3.63, 3.8) is 0 Å². The normalized spacial score (nSPS) is 51.2. The standard InChI is InChI=1S/C20H35NO/c1-5-10-18(2)14(13-22)6-7-15-16(18)8-11-19(3)17(15)9-12-20(19,4)21/h6,15-17,22H,5,7-13,21H2,1-4H3. The number of hydrogen-bond acceptors (Lipinski definition) is 2. The van der Waals surface area contributed by atoms with E-state index in [1.807, 2.05) is 0 Å². The van der Waals surface area contributed by atoms with Gasteiger partial charge in [-0.3, -0.25) is 0 Å². The van der Waals surface area contributed by atoms with Crippen LogP contribution in [-0.4, -0.2) is 17.3 Å². The summed E-state index contributed by atoms with van der Waals surface area (Å²) in [5.41, 5.74) is 8.55. The van der Waals surface area contributed by atoms with Crippen LogP contribution >= 0.6 is 0 Å². The van der Waals surface area contributed by atoms with Gasteiger partial charge in [-0.05, 0) is 79.6 Å². The van der Waals surface area contributed by atoms with Crippen LogP contribution < -0.4 is 5.73 Å². The predicted molar refractivity (Wildman–Crippen MR) is 92.4 cm³/mol. The molecule has 0 bridgehead atoms. The van der Waals surface area contributed by atoms with E-state index in [9.17, 15) is 5.11 Å². The number of hydrogen-bond donors (Lipinski definition) is 2. The first kappa shape index (κ1) is 16.5. The molecule has 3 aliphatic rings. The first-order chi connectivity index (χ1) is 10.3. The molecule has 0 amide bonds. The van der Waals surface area contributed by atoms with Gasteiger partial charge >= 0.3 is 0 Å². The highest BCUT2D eigenvalue weighted by atomic mass is 16.3. The van der Waals surface area contributed by atoms with Gasteiger partial charge in [0.2, 0.25) is 0 Å². The van der Waals surface area contributed by atoms with Crippen molar-refractivity contribution in [3.05, 3.63) is 11.6 Å².